The summed E-state index contributed by atoms with van der Waals surface area (Å²) in [6.07, 6.45) is 0.801. The van der Waals surface area contributed by atoms with Gasteiger partial charge in [0.15, 0.2) is 11.2 Å². The fourth-order valence-corrected chi connectivity index (χ4v) is 4.41. The molecule has 4 aromatic rings. The lowest BCUT2D eigenvalue weighted by Gasteiger charge is -2.29. The fraction of sp³-hybridized carbons (Fsp3) is 0.292. The molecule has 0 amide bonds. The van der Waals surface area contributed by atoms with Crippen LogP contribution in [-0.2, 0) is 20.1 Å². The van der Waals surface area contributed by atoms with E-state index in [2.05, 4.69) is 4.98 Å². The lowest BCUT2D eigenvalue weighted by molar-refractivity contribution is 0.596. The van der Waals surface area contributed by atoms with Gasteiger partial charge in [0, 0.05) is 25.8 Å². The van der Waals surface area contributed by atoms with Gasteiger partial charge in [0.2, 0.25) is 5.95 Å². The molecule has 3 heterocycles. The summed E-state index contributed by atoms with van der Waals surface area (Å²) in [5, 5.41) is 0. The number of benzene rings is 2. The van der Waals surface area contributed by atoms with Crippen molar-refractivity contribution < 1.29 is 4.39 Å². The Bertz CT molecular complexity index is 1460. The summed E-state index contributed by atoms with van der Waals surface area (Å²) >= 11 is 0. The summed E-state index contributed by atoms with van der Waals surface area (Å²) in [4.78, 5) is 33.3. The van der Waals surface area contributed by atoms with Crippen LogP contribution < -0.4 is 16.1 Å². The second kappa shape index (κ2) is 7.47. The zero-order valence-corrected chi connectivity index (χ0v) is 18.3. The number of fused-ring (bicyclic) bond motifs is 3. The van der Waals surface area contributed by atoms with E-state index in [0.717, 1.165) is 28.8 Å². The summed E-state index contributed by atoms with van der Waals surface area (Å²) in [6.45, 7) is 5.49. The average Bonchev–Trinajstić information content (AvgIpc) is 3.18. The van der Waals surface area contributed by atoms with Crippen LogP contribution in [0, 0.1) is 19.7 Å². The van der Waals surface area contributed by atoms with E-state index in [9.17, 15) is 14.0 Å². The molecule has 32 heavy (non-hydrogen) atoms. The molecule has 0 radical (unpaired) electrons. The highest BCUT2D eigenvalue weighted by Crippen LogP contribution is 2.31. The van der Waals surface area contributed by atoms with E-state index >= 15 is 0 Å². The summed E-state index contributed by atoms with van der Waals surface area (Å²) in [5.74, 6) is 0.283. The zero-order chi connectivity index (χ0) is 22.6. The number of hydrogen-bond donors (Lipinski definition) is 0. The quantitative estimate of drug-likeness (QED) is 0.498. The highest BCUT2D eigenvalue weighted by Gasteiger charge is 2.27. The summed E-state index contributed by atoms with van der Waals surface area (Å²) in [7, 11) is 1.64. The molecule has 0 bridgehead atoms. The number of rotatable bonds is 3. The maximum atomic E-state index is 13.5. The van der Waals surface area contributed by atoms with Crippen molar-refractivity contribution in [2.24, 2.45) is 7.05 Å². The average molecular weight is 433 g/mol. The van der Waals surface area contributed by atoms with E-state index < -0.39 is 5.69 Å². The molecular formula is C24H24FN5O2. The predicted molar refractivity (Wildman–Crippen MR) is 122 cm³/mol. The third-order valence-corrected chi connectivity index (χ3v) is 6.19. The third kappa shape index (κ3) is 3.14. The second-order valence-corrected chi connectivity index (χ2v) is 8.38. The number of imidazole rings is 1. The number of halogens is 1. The fourth-order valence-electron chi connectivity index (χ4n) is 4.41. The Hall–Kier alpha value is -3.68. The maximum absolute atomic E-state index is 13.5. The summed E-state index contributed by atoms with van der Waals surface area (Å²) < 4.78 is 18.0. The highest BCUT2D eigenvalue weighted by atomic mass is 19.1. The van der Waals surface area contributed by atoms with Gasteiger partial charge in [-0.05, 0) is 55.7 Å². The predicted octanol–water partition coefficient (Wildman–Crippen LogP) is 3.24. The van der Waals surface area contributed by atoms with Gasteiger partial charge in [-0.15, -0.1) is 0 Å². The van der Waals surface area contributed by atoms with Gasteiger partial charge in [0.1, 0.15) is 5.82 Å². The summed E-state index contributed by atoms with van der Waals surface area (Å²) in [6, 6.07) is 12.2. The smallest absolute Gasteiger partial charge is 0.312 e. The molecule has 7 nitrogen and oxygen atoms in total. The molecule has 0 fully saturated rings. The van der Waals surface area contributed by atoms with Crippen LogP contribution in [-0.4, -0.2) is 25.2 Å². The first-order valence-electron chi connectivity index (χ1n) is 10.6. The highest BCUT2D eigenvalue weighted by molar-refractivity contribution is 5.77. The van der Waals surface area contributed by atoms with Crippen LogP contribution in [0.15, 0.2) is 52.1 Å². The van der Waals surface area contributed by atoms with E-state index in [0.29, 0.717) is 30.2 Å². The van der Waals surface area contributed by atoms with E-state index in [1.54, 1.807) is 19.2 Å². The van der Waals surface area contributed by atoms with E-state index in [4.69, 9.17) is 0 Å². The molecule has 5 rings (SSSR count). The maximum Gasteiger partial charge on any atom is 0.332 e. The minimum atomic E-state index is -0.396. The molecule has 0 spiro atoms. The van der Waals surface area contributed by atoms with Crippen LogP contribution in [0.25, 0.3) is 11.2 Å². The molecule has 2 aromatic heterocycles. The Labute approximate surface area is 184 Å². The largest absolute Gasteiger partial charge is 0.332 e. The lowest BCUT2D eigenvalue weighted by Crippen LogP contribution is -2.40. The Balaban J connectivity index is 1.70. The van der Waals surface area contributed by atoms with Crippen molar-refractivity contribution in [3.05, 3.63) is 85.8 Å². The molecule has 2 aromatic carbocycles. The van der Waals surface area contributed by atoms with Gasteiger partial charge in [-0.1, -0.05) is 23.8 Å². The van der Waals surface area contributed by atoms with E-state index in [1.165, 1.54) is 21.3 Å². The third-order valence-electron chi connectivity index (χ3n) is 6.19. The Kier molecular flexibility index (Phi) is 4.73. The van der Waals surface area contributed by atoms with Gasteiger partial charge in [-0.3, -0.25) is 13.9 Å². The second-order valence-electron chi connectivity index (χ2n) is 8.38. The molecule has 0 unspecified atom stereocenters. The van der Waals surface area contributed by atoms with Crippen molar-refractivity contribution in [1.29, 1.82) is 0 Å². The van der Waals surface area contributed by atoms with Gasteiger partial charge in [0.05, 0.1) is 6.54 Å². The minimum Gasteiger partial charge on any atom is -0.312 e. The lowest BCUT2D eigenvalue weighted by atomic mass is 10.1. The van der Waals surface area contributed by atoms with Crippen LogP contribution in [0.3, 0.4) is 0 Å². The molecule has 0 saturated carbocycles. The molecule has 1 aliphatic rings. The molecule has 0 N–H and O–H groups in total. The van der Waals surface area contributed by atoms with Gasteiger partial charge in [0.25, 0.3) is 5.56 Å². The molecule has 0 aliphatic carbocycles. The molecule has 0 atom stereocenters. The van der Waals surface area contributed by atoms with Crippen LogP contribution in [0.1, 0.15) is 23.1 Å². The minimum absolute atomic E-state index is 0.206. The van der Waals surface area contributed by atoms with Crippen molar-refractivity contribution in [3.8, 4) is 0 Å². The normalized spacial score (nSPS) is 13.6. The molecule has 1 aliphatic heterocycles. The Morgan fingerprint density at radius 3 is 2.53 bits per heavy atom. The van der Waals surface area contributed by atoms with E-state index in [1.807, 2.05) is 41.5 Å². The monoisotopic (exact) mass is 433 g/mol. The van der Waals surface area contributed by atoms with Crippen LogP contribution in [0.2, 0.25) is 0 Å². The number of hydrogen-bond acceptors (Lipinski definition) is 4. The Morgan fingerprint density at radius 2 is 1.78 bits per heavy atom. The molecule has 164 valence electrons. The van der Waals surface area contributed by atoms with Gasteiger partial charge in [-0.2, -0.15) is 4.98 Å². The van der Waals surface area contributed by atoms with Crippen molar-refractivity contribution in [1.82, 2.24) is 18.7 Å². The van der Waals surface area contributed by atoms with Gasteiger partial charge < -0.3 is 9.47 Å². The van der Waals surface area contributed by atoms with Crippen molar-refractivity contribution >= 4 is 22.8 Å². The molecular weight excluding hydrogens is 409 g/mol. The van der Waals surface area contributed by atoms with Crippen LogP contribution in [0.4, 0.5) is 16.0 Å². The van der Waals surface area contributed by atoms with Crippen molar-refractivity contribution in [2.75, 3.05) is 11.4 Å². The molecule has 8 heteroatoms. The number of nitrogens with zero attached hydrogens (tertiary/aromatic N) is 5. The first kappa shape index (κ1) is 20.2. The molecule has 0 saturated heterocycles. The van der Waals surface area contributed by atoms with Gasteiger partial charge >= 0.3 is 5.69 Å². The van der Waals surface area contributed by atoms with Crippen LogP contribution >= 0.6 is 0 Å². The van der Waals surface area contributed by atoms with Crippen molar-refractivity contribution in [3.63, 3.8) is 0 Å². The first-order chi connectivity index (χ1) is 15.3. The van der Waals surface area contributed by atoms with Crippen molar-refractivity contribution in [2.45, 2.75) is 33.4 Å². The number of aromatic nitrogens is 4. The van der Waals surface area contributed by atoms with Gasteiger partial charge in [-0.25, -0.2) is 9.18 Å². The number of aryl methyl sites for hydroxylation is 4. The van der Waals surface area contributed by atoms with Crippen LogP contribution in [0.5, 0.6) is 0 Å². The van der Waals surface area contributed by atoms with E-state index in [-0.39, 0.29) is 17.9 Å². The Morgan fingerprint density at radius 1 is 1.03 bits per heavy atom. The number of anilines is 2. The SMILES string of the molecule is Cc1ccc(C)c(Cn2c(=O)c3c(nc4n3CCCN4c3ccc(F)cc3)n(C)c2=O)c1. The summed E-state index contributed by atoms with van der Waals surface area (Å²) in [5.41, 5.74) is 3.88. The standard InChI is InChI=1S/C24H24FN5O2/c1-15-5-6-16(2)17(13-15)14-30-22(31)20-21(27(3)24(30)32)26-23-28(11-4-12-29(20)23)19-9-7-18(25)8-10-19/h5-10,13H,4,11-12,14H2,1-3H3. The first-order valence-corrected chi connectivity index (χ1v) is 10.6. The zero-order valence-electron chi connectivity index (χ0n) is 18.3. The topological polar surface area (TPSA) is 65.1 Å².